The minimum absolute atomic E-state index is 0.0584. The number of amides is 5. The van der Waals surface area contributed by atoms with Crippen molar-refractivity contribution >= 4 is 71.0 Å². The van der Waals surface area contributed by atoms with Gasteiger partial charge in [-0.3, -0.25) is 33.6 Å². The zero-order chi connectivity index (χ0) is 78.6. The standard InChI is InChI=1S/C76H103N5O26/c1-44(37-53(83)42-100-36-35-99-34-33-98-32-31-97-30-29-96-28-27-95-12)65(87)78-47(4)66(88)80-54(39-57(77)84)67(89)79-52-25-23-49(24-26-52)41-101-71(93)104-61(59(50-19-15-13-16-20-50)81-70(92)107-72(6,7)8)69(91)103-55-40-76(94)64(105-68(90)51-21-17-14-18-22-51)62-74(11,63(86)60(85)58(46(55)3)73(76,9)10)45(2)38-56-75(62,43-102-56)106-48(5)82/h13-26,44-45,47,54-56,59-62,64,85,94H,27-43H2,1-12H3,(H2,77,84)(H,78,87)(H,79,89)(H,80,88)(H,81,92)/t44-,45-,47+,54+,55?,56?,59-,60+,61?,62-,64?,74+,75?,76+/m0/s1. The van der Waals surface area contributed by atoms with Crippen LogP contribution in [0.3, 0.4) is 0 Å². The van der Waals surface area contributed by atoms with Gasteiger partial charge in [0.25, 0.3) is 0 Å². The Morgan fingerprint density at radius 3 is 1.86 bits per heavy atom. The van der Waals surface area contributed by atoms with Crippen LogP contribution in [-0.2, 0) is 107 Å². The van der Waals surface area contributed by atoms with Crippen molar-refractivity contribution in [2.45, 2.75) is 174 Å². The summed E-state index contributed by atoms with van der Waals surface area (Å²) in [7, 11) is 1.60. The molecule has 4 aliphatic rings. The fourth-order valence-electron chi connectivity index (χ4n) is 14.0. The van der Waals surface area contributed by atoms with Crippen LogP contribution in [0.25, 0.3) is 0 Å². The average molecular weight is 1500 g/mol. The highest BCUT2D eigenvalue weighted by molar-refractivity contribution is 6.01. The maximum atomic E-state index is 15.6. The topological polar surface area (TPSA) is 422 Å². The Kier molecular flexibility index (Phi) is 30.6. The lowest BCUT2D eigenvalue weighted by Gasteiger charge is -2.68. The molecule has 0 spiro atoms. The van der Waals surface area contributed by atoms with Crippen LogP contribution in [0.5, 0.6) is 0 Å². The molecule has 3 aliphatic carbocycles. The van der Waals surface area contributed by atoms with E-state index in [2.05, 4.69) is 21.3 Å². The van der Waals surface area contributed by atoms with Gasteiger partial charge in [-0.25, -0.2) is 19.2 Å². The van der Waals surface area contributed by atoms with Gasteiger partial charge in [-0.05, 0) is 93.5 Å². The maximum Gasteiger partial charge on any atom is 0.509 e. The van der Waals surface area contributed by atoms with Crippen LogP contribution < -0.4 is 27.0 Å². The second-order valence-corrected chi connectivity index (χ2v) is 28.9. The second kappa shape index (κ2) is 38.3. The Hall–Kier alpha value is -8.79. The van der Waals surface area contributed by atoms with E-state index >= 15 is 9.59 Å². The molecule has 2 bridgehead atoms. The van der Waals surface area contributed by atoms with Gasteiger partial charge in [0, 0.05) is 49.3 Å². The molecule has 5 unspecified atom stereocenters. The lowest BCUT2D eigenvalue weighted by atomic mass is 9.43. The molecule has 14 atom stereocenters. The number of nitrogens with two attached hydrogens (primary N) is 1. The molecule has 1 saturated heterocycles. The summed E-state index contributed by atoms with van der Waals surface area (Å²) in [4.78, 5) is 152. The highest BCUT2D eigenvalue weighted by atomic mass is 16.7. The van der Waals surface area contributed by atoms with E-state index in [9.17, 15) is 53.4 Å². The van der Waals surface area contributed by atoms with Crippen LogP contribution in [-0.4, -0.2) is 221 Å². The van der Waals surface area contributed by atoms with Crippen molar-refractivity contribution in [3.05, 3.63) is 113 Å². The number of ketones is 2. The predicted molar refractivity (Wildman–Crippen MR) is 379 cm³/mol. The molecular formula is C76H103N5O26. The third kappa shape index (κ3) is 22.0. The van der Waals surface area contributed by atoms with Gasteiger partial charge in [-0.15, -0.1) is 0 Å². The van der Waals surface area contributed by atoms with Crippen LogP contribution in [0.2, 0.25) is 0 Å². The molecule has 2 saturated carbocycles. The second-order valence-electron chi connectivity index (χ2n) is 28.9. The molecule has 7 rings (SSSR count). The smallest absolute Gasteiger partial charge is 0.455 e. The molecule has 0 radical (unpaired) electrons. The number of esters is 3. The van der Waals surface area contributed by atoms with Crippen molar-refractivity contribution in [1.82, 2.24) is 16.0 Å². The fourth-order valence-corrected chi connectivity index (χ4v) is 14.0. The number of alkyl carbamates (subject to hydrolysis) is 1. The maximum absolute atomic E-state index is 15.6. The van der Waals surface area contributed by atoms with Gasteiger partial charge in [0.05, 0.1) is 90.6 Å². The van der Waals surface area contributed by atoms with Crippen molar-refractivity contribution in [3.63, 3.8) is 0 Å². The van der Waals surface area contributed by atoms with Crippen molar-refractivity contribution in [2.75, 3.05) is 91.7 Å². The third-order valence-electron chi connectivity index (χ3n) is 19.8. The monoisotopic (exact) mass is 1500 g/mol. The number of carbonyl (C=O) groups is 11. The number of nitrogens with one attached hydrogen (secondary N) is 4. The van der Waals surface area contributed by atoms with Crippen LogP contribution in [0.4, 0.5) is 15.3 Å². The molecule has 3 fully saturated rings. The Morgan fingerprint density at radius 1 is 0.729 bits per heavy atom. The first-order valence-electron chi connectivity index (χ1n) is 35.6. The van der Waals surface area contributed by atoms with Crippen molar-refractivity contribution in [1.29, 1.82) is 0 Å². The highest BCUT2D eigenvalue weighted by Gasteiger charge is 2.77. The van der Waals surface area contributed by atoms with Gasteiger partial charge in [0.2, 0.25) is 29.7 Å². The summed E-state index contributed by atoms with van der Waals surface area (Å²) in [5.41, 5.74) is -2.51. The zero-order valence-corrected chi connectivity index (χ0v) is 62.7. The number of fused-ring (bicyclic) bond motifs is 5. The number of ether oxygens (including phenoxy) is 13. The minimum Gasteiger partial charge on any atom is -0.455 e. The first kappa shape index (κ1) is 85.5. The highest BCUT2D eigenvalue weighted by Crippen LogP contribution is 2.65. The van der Waals surface area contributed by atoms with E-state index in [1.807, 2.05) is 0 Å². The Balaban J connectivity index is 1.02. The molecular weight excluding hydrogens is 1400 g/mol. The van der Waals surface area contributed by atoms with E-state index < -0.39 is 173 Å². The zero-order valence-electron chi connectivity index (χ0n) is 62.7. The van der Waals surface area contributed by atoms with Gasteiger partial charge < -0.3 is 98.8 Å². The molecule has 1 aliphatic heterocycles. The Morgan fingerprint density at radius 2 is 1.31 bits per heavy atom. The van der Waals surface area contributed by atoms with Crippen LogP contribution in [0, 0.1) is 28.6 Å². The van der Waals surface area contributed by atoms with Gasteiger partial charge >= 0.3 is 30.2 Å². The Bertz CT molecular complexity index is 3630. The van der Waals surface area contributed by atoms with E-state index in [0.29, 0.717) is 52.9 Å². The number of methoxy groups -OCH3 is 1. The minimum atomic E-state index is -2.44. The number of carbonyl (C=O) groups excluding carboxylic acids is 11. The summed E-state index contributed by atoms with van der Waals surface area (Å²) in [6, 6.07) is 16.9. The summed E-state index contributed by atoms with van der Waals surface area (Å²) >= 11 is 0. The van der Waals surface area contributed by atoms with Crippen molar-refractivity contribution in [2.24, 2.45) is 34.3 Å². The van der Waals surface area contributed by atoms with E-state index in [1.54, 1.807) is 92.0 Å². The molecule has 8 N–H and O–H groups in total. The lowest BCUT2D eigenvalue weighted by Crippen LogP contribution is -2.80. The van der Waals surface area contributed by atoms with Crippen molar-refractivity contribution in [3.8, 4) is 0 Å². The first-order chi connectivity index (χ1) is 50.6. The summed E-state index contributed by atoms with van der Waals surface area (Å²) < 4.78 is 74.2. The Labute approximate surface area is 621 Å². The molecule has 5 amide bonds. The molecule has 107 heavy (non-hydrogen) atoms. The number of Topliss-reactive ketones (excluding diaryl/α,β-unsaturated/α-hetero) is 2. The van der Waals surface area contributed by atoms with Crippen LogP contribution in [0.1, 0.15) is 129 Å². The number of aliphatic hydroxyl groups excluding tert-OH is 1. The van der Waals surface area contributed by atoms with E-state index in [0.717, 1.165) is 0 Å². The number of primary amides is 1. The largest absolute Gasteiger partial charge is 0.509 e. The summed E-state index contributed by atoms with van der Waals surface area (Å²) in [5, 5.41) is 36.9. The molecule has 3 aromatic rings. The van der Waals surface area contributed by atoms with Gasteiger partial charge in [-0.1, -0.05) is 95.3 Å². The summed E-state index contributed by atoms with van der Waals surface area (Å²) in [6.07, 6.45) is -12.3. The average Bonchev–Trinajstić information content (AvgIpc) is 0.670. The first-order valence-corrected chi connectivity index (χ1v) is 35.6. The van der Waals surface area contributed by atoms with E-state index in [-0.39, 0.29) is 78.6 Å². The van der Waals surface area contributed by atoms with Crippen molar-refractivity contribution < 1.29 is 125 Å². The molecule has 31 nitrogen and oxygen atoms in total. The quantitative estimate of drug-likeness (QED) is 0.0171. The van der Waals surface area contributed by atoms with E-state index in [1.165, 1.54) is 76.2 Å². The SMILES string of the molecule is COCCOCCOCCOCCOCCOCC(=O)C[C@H](C)C(=O)N[C@H](C)C(=O)N[C@H](CC(N)=O)C(=O)Nc1ccc(COC(=O)OC(C(=O)OC2C[C@@]3(O)C(OC(=O)c4ccccc4)[C@@H]4C5(OC(C)=O)COC5C[C@H](C)[C@@]4(C)C(=O)[C@H](O)C(=C2C)C3(C)C)[C@@H](NC(=O)OC(C)(C)C)c2ccccc2)cc1. The van der Waals surface area contributed by atoms with Gasteiger partial charge in [0.15, 0.2) is 17.2 Å². The number of anilines is 1. The molecule has 588 valence electrons. The predicted octanol–water partition coefficient (Wildman–Crippen LogP) is 5.02. The molecule has 3 aromatic carbocycles. The van der Waals surface area contributed by atoms with E-state index in [4.69, 9.17) is 67.3 Å². The van der Waals surface area contributed by atoms with Crippen LogP contribution >= 0.6 is 0 Å². The normalized spacial score (nSPS) is 24.2. The fraction of sp³-hybridized carbons (Fsp3) is 0.592. The lowest BCUT2D eigenvalue weighted by molar-refractivity contribution is -0.340. The number of hydrogen-bond donors (Lipinski definition) is 7. The molecule has 31 heteroatoms. The number of benzene rings is 3. The third-order valence-corrected chi connectivity index (χ3v) is 19.8. The summed E-state index contributed by atoms with van der Waals surface area (Å²) in [6.45, 7) is 19.2. The van der Waals surface area contributed by atoms with Crippen LogP contribution in [0.15, 0.2) is 96.1 Å². The summed E-state index contributed by atoms with van der Waals surface area (Å²) in [5.74, 6) is -10.5. The number of hydrogen-bond acceptors (Lipinski definition) is 26. The van der Waals surface area contributed by atoms with Gasteiger partial charge in [-0.2, -0.15) is 0 Å². The number of aliphatic hydroxyl groups is 2. The number of rotatable bonds is 38. The molecule has 0 aromatic heterocycles. The van der Waals surface area contributed by atoms with Gasteiger partial charge in [0.1, 0.15) is 67.0 Å². The molecule has 1 heterocycles.